The first-order valence-electron chi connectivity index (χ1n) is 6.54. The third-order valence-electron chi connectivity index (χ3n) is 4.09. The van der Waals surface area contributed by atoms with Crippen LogP contribution >= 0.6 is 24.8 Å². The molecule has 2 fully saturated rings. The highest BCUT2D eigenvalue weighted by atomic mass is 35.5. The van der Waals surface area contributed by atoms with E-state index in [9.17, 15) is 13.2 Å². The van der Waals surface area contributed by atoms with Crippen LogP contribution in [0.1, 0.15) is 25.7 Å². The summed E-state index contributed by atoms with van der Waals surface area (Å²) >= 11 is 0. The Bertz CT molecular complexity index is 238. The summed E-state index contributed by atoms with van der Waals surface area (Å²) in [6.45, 7) is 2.66. The third-order valence-corrected chi connectivity index (χ3v) is 4.09. The summed E-state index contributed by atoms with van der Waals surface area (Å²) in [6.07, 6.45) is 0.247. The standard InChI is InChI=1S/C12H21F3N2.2ClH/c13-12(14,15)9-17-7-3-11(4-8-17)10-1-5-16-6-2-10;;/h10-11,16H,1-9H2;2*1H. The van der Waals surface area contributed by atoms with Crippen molar-refractivity contribution in [2.45, 2.75) is 31.9 Å². The Balaban J connectivity index is 0.00000162. The lowest BCUT2D eigenvalue weighted by Gasteiger charge is -2.37. The molecule has 116 valence electrons. The fourth-order valence-corrected chi connectivity index (χ4v) is 3.15. The summed E-state index contributed by atoms with van der Waals surface area (Å²) in [5.74, 6) is 1.39. The average Bonchev–Trinajstić information content (AvgIpc) is 2.29. The Morgan fingerprint density at radius 3 is 1.84 bits per heavy atom. The first-order valence-corrected chi connectivity index (χ1v) is 6.54. The minimum absolute atomic E-state index is 0. The second-order valence-electron chi connectivity index (χ2n) is 5.32. The maximum atomic E-state index is 12.2. The highest BCUT2D eigenvalue weighted by molar-refractivity contribution is 5.85. The van der Waals surface area contributed by atoms with Gasteiger partial charge in [0.05, 0.1) is 6.54 Å². The maximum absolute atomic E-state index is 12.2. The molecule has 0 saturated carbocycles. The topological polar surface area (TPSA) is 15.3 Å². The number of halogens is 5. The molecule has 2 rings (SSSR count). The van der Waals surface area contributed by atoms with Crippen molar-refractivity contribution in [3.8, 4) is 0 Å². The highest BCUT2D eigenvalue weighted by Crippen LogP contribution is 2.31. The van der Waals surface area contributed by atoms with Crippen LogP contribution in [0.2, 0.25) is 0 Å². The van der Waals surface area contributed by atoms with Gasteiger partial charge >= 0.3 is 6.18 Å². The lowest BCUT2D eigenvalue weighted by atomic mass is 9.79. The second kappa shape index (κ2) is 8.55. The van der Waals surface area contributed by atoms with Crippen LogP contribution in [0.4, 0.5) is 13.2 Å². The van der Waals surface area contributed by atoms with Gasteiger partial charge in [0, 0.05) is 0 Å². The molecule has 2 aliphatic heterocycles. The Morgan fingerprint density at radius 2 is 1.37 bits per heavy atom. The smallest absolute Gasteiger partial charge is 0.317 e. The lowest BCUT2D eigenvalue weighted by Crippen LogP contribution is -2.42. The number of hydrogen-bond acceptors (Lipinski definition) is 2. The van der Waals surface area contributed by atoms with Crippen LogP contribution in [0.5, 0.6) is 0 Å². The molecule has 0 aliphatic carbocycles. The molecule has 2 heterocycles. The number of nitrogens with zero attached hydrogens (tertiary/aromatic N) is 1. The van der Waals surface area contributed by atoms with Crippen LogP contribution < -0.4 is 5.32 Å². The van der Waals surface area contributed by atoms with E-state index in [0.29, 0.717) is 19.0 Å². The minimum atomic E-state index is -4.04. The fraction of sp³-hybridized carbons (Fsp3) is 1.00. The van der Waals surface area contributed by atoms with Crippen LogP contribution in [0.15, 0.2) is 0 Å². The number of alkyl halides is 3. The fourth-order valence-electron chi connectivity index (χ4n) is 3.15. The molecule has 0 radical (unpaired) electrons. The summed E-state index contributed by atoms with van der Waals surface area (Å²) in [4.78, 5) is 1.55. The molecular weight excluding hydrogens is 300 g/mol. The van der Waals surface area contributed by atoms with E-state index in [0.717, 1.165) is 31.8 Å². The zero-order valence-electron chi connectivity index (χ0n) is 10.9. The predicted octanol–water partition coefficient (Wildman–Crippen LogP) is 3.10. The first kappa shape index (κ1) is 19.3. The van der Waals surface area contributed by atoms with Crippen molar-refractivity contribution < 1.29 is 13.2 Å². The Kier molecular flexibility index (Phi) is 8.68. The predicted molar refractivity (Wildman–Crippen MR) is 75.3 cm³/mol. The van der Waals surface area contributed by atoms with Crippen LogP contribution in [0.25, 0.3) is 0 Å². The summed E-state index contributed by atoms with van der Waals surface area (Å²) in [7, 11) is 0. The molecule has 0 spiro atoms. The zero-order valence-corrected chi connectivity index (χ0v) is 12.5. The maximum Gasteiger partial charge on any atom is 0.401 e. The van der Waals surface area contributed by atoms with Gasteiger partial charge in [-0.1, -0.05) is 0 Å². The number of nitrogens with one attached hydrogen (secondary N) is 1. The third kappa shape index (κ3) is 6.52. The van der Waals surface area contributed by atoms with Gasteiger partial charge in [0.1, 0.15) is 0 Å². The normalized spacial score (nSPS) is 23.5. The summed E-state index contributed by atoms with van der Waals surface area (Å²) in [5, 5.41) is 3.33. The Morgan fingerprint density at radius 1 is 0.895 bits per heavy atom. The largest absolute Gasteiger partial charge is 0.401 e. The Hall–Kier alpha value is 0.290. The van der Waals surface area contributed by atoms with Gasteiger partial charge in [0.15, 0.2) is 0 Å². The number of rotatable bonds is 2. The van der Waals surface area contributed by atoms with Gasteiger partial charge in [-0.05, 0) is 63.7 Å². The summed E-state index contributed by atoms with van der Waals surface area (Å²) in [6, 6.07) is 0. The molecular formula is C12H23Cl2F3N2. The summed E-state index contributed by atoms with van der Waals surface area (Å²) in [5.41, 5.74) is 0. The molecule has 0 atom stereocenters. The van der Waals surface area contributed by atoms with Crippen LogP contribution in [-0.2, 0) is 0 Å². The number of hydrogen-bond donors (Lipinski definition) is 1. The molecule has 2 nitrogen and oxygen atoms in total. The zero-order chi connectivity index (χ0) is 12.3. The quantitative estimate of drug-likeness (QED) is 0.840. The van der Waals surface area contributed by atoms with Gasteiger partial charge in [0.25, 0.3) is 0 Å². The van der Waals surface area contributed by atoms with E-state index in [-0.39, 0.29) is 24.8 Å². The lowest BCUT2D eigenvalue weighted by molar-refractivity contribution is -0.149. The van der Waals surface area contributed by atoms with E-state index < -0.39 is 12.7 Å². The molecule has 2 aliphatic rings. The van der Waals surface area contributed by atoms with Crippen molar-refractivity contribution in [1.29, 1.82) is 0 Å². The van der Waals surface area contributed by atoms with Crippen LogP contribution in [0, 0.1) is 11.8 Å². The van der Waals surface area contributed by atoms with Gasteiger partial charge in [0.2, 0.25) is 0 Å². The van der Waals surface area contributed by atoms with Gasteiger partial charge < -0.3 is 5.32 Å². The summed E-state index contributed by atoms with van der Waals surface area (Å²) < 4.78 is 36.7. The van der Waals surface area contributed by atoms with Crippen molar-refractivity contribution in [3.05, 3.63) is 0 Å². The number of piperidine rings is 2. The van der Waals surface area contributed by atoms with Crippen LogP contribution in [-0.4, -0.2) is 43.8 Å². The highest BCUT2D eigenvalue weighted by Gasteiger charge is 2.34. The van der Waals surface area contributed by atoms with E-state index in [1.54, 1.807) is 4.90 Å². The first-order chi connectivity index (χ1) is 8.04. The molecule has 0 aromatic heterocycles. The van der Waals surface area contributed by atoms with Crippen molar-refractivity contribution in [2.24, 2.45) is 11.8 Å². The Labute approximate surface area is 125 Å². The van der Waals surface area contributed by atoms with Crippen molar-refractivity contribution in [3.63, 3.8) is 0 Å². The molecule has 1 N–H and O–H groups in total. The van der Waals surface area contributed by atoms with Crippen LogP contribution in [0.3, 0.4) is 0 Å². The molecule has 0 amide bonds. The van der Waals surface area contributed by atoms with Crippen molar-refractivity contribution >= 4 is 24.8 Å². The second-order valence-corrected chi connectivity index (χ2v) is 5.32. The van der Waals surface area contributed by atoms with Crippen molar-refractivity contribution in [1.82, 2.24) is 10.2 Å². The molecule has 0 unspecified atom stereocenters. The van der Waals surface area contributed by atoms with E-state index in [1.807, 2.05) is 0 Å². The van der Waals surface area contributed by atoms with E-state index >= 15 is 0 Å². The molecule has 7 heteroatoms. The van der Waals surface area contributed by atoms with E-state index in [1.165, 1.54) is 12.8 Å². The molecule has 0 aromatic carbocycles. The molecule has 0 aromatic rings. The van der Waals surface area contributed by atoms with Gasteiger partial charge in [-0.25, -0.2) is 0 Å². The molecule has 19 heavy (non-hydrogen) atoms. The SMILES string of the molecule is Cl.Cl.FC(F)(F)CN1CCC(C2CCNCC2)CC1. The molecule has 0 bridgehead atoms. The van der Waals surface area contributed by atoms with Gasteiger partial charge in [-0.15, -0.1) is 24.8 Å². The molecule has 2 saturated heterocycles. The van der Waals surface area contributed by atoms with E-state index in [2.05, 4.69) is 5.32 Å². The monoisotopic (exact) mass is 322 g/mol. The van der Waals surface area contributed by atoms with Crippen molar-refractivity contribution in [2.75, 3.05) is 32.7 Å². The minimum Gasteiger partial charge on any atom is -0.317 e. The van der Waals surface area contributed by atoms with Gasteiger partial charge in [-0.3, -0.25) is 4.90 Å². The van der Waals surface area contributed by atoms with E-state index in [4.69, 9.17) is 0 Å². The van der Waals surface area contributed by atoms with Gasteiger partial charge in [-0.2, -0.15) is 13.2 Å². The average molecular weight is 323 g/mol. The number of likely N-dealkylation sites (tertiary alicyclic amines) is 1.